The molecule has 4 aromatic rings. The molecule has 182 valence electrons. The Bertz CT molecular complexity index is 1510. The predicted octanol–water partition coefficient (Wildman–Crippen LogP) is 3.94. The molecule has 0 atom stereocenters. The maximum atomic E-state index is 12.9. The van der Waals surface area contributed by atoms with Gasteiger partial charge in [-0.3, -0.25) is 25.2 Å². The summed E-state index contributed by atoms with van der Waals surface area (Å²) < 4.78 is 39.7. The highest BCUT2D eigenvalue weighted by atomic mass is 19.4. The normalized spacial score (nSPS) is 11.5. The molecule has 1 aromatic heterocycles. The van der Waals surface area contributed by atoms with Crippen LogP contribution in [0.2, 0.25) is 0 Å². The van der Waals surface area contributed by atoms with E-state index in [1.807, 2.05) is 30.3 Å². The molecule has 0 aliphatic rings. The van der Waals surface area contributed by atoms with E-state index in [0.717, 1.165) is 23.8 Å². The number of hydrogen-bond donors (Lipinski definition) is 2. The van der Waals surface area contributed by atoms with Gasteiger partial charge in [-0.25, -0.2) is 4.68 Å². The number of amides is 2. The SMILES string of the molecule is O=C(/C=C/c1cccc(C(F)(F)F)c1)NNC(=O)c1nn(Cc2ccccc2)c(=O)c2ccccc12. The Morgan fingerprint density at radius 1 is 0.889 bits per heavy atom. The quantitative estimate of drug-likeness (QED) is 0.326. The Morgan fingerprint density at radius 2 is 1.58 bits per heavy atom. The molecule has 0 aliphatic heterocycles. The van der Waals surface area contributed by atoms with Crippen LogP contribution in [0, 0.1) is 0 Å². The van der Waals surface area contributed by atoms with Gasteiger partial charge in [0.2, 0.25) is 0 Å². The van der Waals surface area contributed by atoms with E-state index in [1.165, 1.54) is 22.9 Å². The molecule has 0 radical (unpaired) electrons. The number of hydrogen-bond acceptors (Lipinski definition) is 4. The molecule has 0 saturated carbocycles. The van der Waals surface area contributed by atoms with Crippen molar-refractivity contribution in [3.63, 3.8) is 0 Å². The number of rotatable bonds is 5. The summed E-state index contributed by atoms with van der Waals surface area (Å²) in [6.07, 6.45) is -2.34. The molecule has 1 heterocycles. The Balaban J connectivity index is 1.52. The number of carbonyl (C=O) groups excluding carboxylic acids is 2. The van der Waals surface area contributed by atoms with E-state index >= 15 is 0 Å². The fourth-order valence-electron chi connectivity index (χ4n) is 3.48. The second-order valence-corrected chi connectivity index (χ2v) is 7.74. The maximum absolute atomic E-state index is 12.9. The van der Waals surface area contributed by atoms with Crippen molar-refractivity contribution >= 4 is 28.7 Å². The average molecular weight is 492 g/mol. The fourth-order valence-corrected chi connectivity index (χ4v) is 3.48. The first-order valence-electron chi connectivity index (χ1n) is 10.7. The van der Waals surface area contributed by atoms with E-state index in [4.69, 9.17) is 0 Å². The van der Waals surface area contributed by atoms with Crippen LogP contribution in [0.5, 0.6) is 0 Å². The molecule has 2 amide bonds. The van der Waals surface area contributed by atoms with E-state index in [-0.39, 0.29) is 28.7 Å². The molecule has 7 nitrogen and oxygen atoms in total. The summed E-state index contributed by atoms with van der Waals surface area (Å²) in [6.45, 7) is 0.136. The number of aromatic nitrogens is 2. The lowest BCUT2D eigenvalue weighted by molar-refractivity contribution is -0.137. The second-order valence-electron chi connectivity index (χ2n) is 7.74. The first kappa shape index (κ1) is 24.4. The molecule has 2 N–H and O–H groups in total. The minimum atomic E-state index is -4.51. The Hall–Kier alpha value is -4.73. The van der Waals surface area contributed by atoms with Gasteiger partial charge in [-0.2, -0.15) is 18.3 Å². The highest BCUT2D eigenvalue weighted by Gasteiger charge is 2.30. The van der Waals surface area contributed by atoms with Crippen LogP contribution in [0.3, 0.4) is 0 Å². The van der Waals surface area contributed by atoms with Gasteiger partial charge in [-0.15, -0.1) is 0 Å². The van der Waals surface area contributed by atoms with E-state index in [9.17, 15) is 27.6 Å². The molecule has 0 bridgehead atoms. The highest BCUT2D eigenvalue weighted by molar-refractivity contribution is 6.05. The number of fused-ring (bicyclic) bond motifs is 1. The number of nitrogens with one attached hydrogen (secondary N) is 2. The molecule has 0 unspecified atom stereocenters. The number of benzene rings is 3. The van der Waals surface area contributed by atoms with Crippen LogP contribution < -0.4 is 16.4 Å². The highest BCUT2D eigenvalue weighted by Crippen LogP contribution is 2.29. The summed E-state index contributed by atoms with van der Waals surface area (Å²) in [4.78, 5) is 37.9. The van der Waals surface area contributed by atoms with Crippen LogP contribution >= 0.6 is 0 Å². The topological polar surface area (TPSA) is 93.1 Å². The lowest BCUT2D eigenvalue weighted by Gasteiger charge is -2.11. The van der Waals surface area contributed by atoms with Crippen molar-refractivity contribution in [3.05, 3.63) is 118 Å². The van der Waals surface area contributed by atoms with Gasteiger partial charge in [0.25, 0.3) is 17.4 Å². The van der Waals surface area contributed by atoms with Gasteiger partial charge in [0.05, 0.1) is 17.5 Å². The summed E-state index contributed by atoms with van der Waals surface area (Å²) in [5.74, 6) is -1.54. The van der Waals surface area contributed by atoms with Crippen molar-refractivity contribution in [1.29, 1.82) is 0 Å². The lowest BCUT2D eigenvalue weighted by atomic mass is 10.1. The van der Waals surface area contributed by atoms with Gasteiger partial charge in [-0.1, -0.05) is 60.7 Å². The zero-order valence-corrected chi connectivity index (χ0v) is 18.6. The molecule has 3 aromatic carbocycles. The lowest BCUT2D eigenvalue weighted by Crippen LogP contribution is -2.42. The number of alkyl halides is 3. The zero-order valence-electron chi connectivity index (χ0n) is 18.6. The molecule has 4 rings (SSSR count). The molecule has 0 fully saturated rings. The van der Waals surface area contributed by atoms with Crippen molar-refractivity contribution in [1.82, 2.24) is 20.6 Å². The van der Waals surface area contributed by atoms with Crippen LogP contribution in [0.25, 0.3) is 16.8 Å². The standard InChI is InChI=1S/C26H19F3N4O3/c27-26(28,29)19-10-6-9-17(15-19)13-14-22(34)30-31-24(35)23-20-11-4-5-12-21(20)25(36)33(32-23)16-18-7-2-1-3-8-18/h1-15H,16H2,(H,30,34)(H,31,35)/b14-13+. The molecule has 10 heteroatoms. The first-order valence-corrected chi connectivity index (χ1v) is 10.7. The van der Waals surface area contributed by atoms with Crippen molar-refractivity contribution in [3.8, 4) is 0 Å². The second kappa shape index (κ2) is 10.3. The minimum absolute atomic E-state index is 0.0803. The van der Waals surface area contributed by atoms with E-state index in [2.05, 4.69) is 16.0 Å². The predicted molar refractivity (Wildman–Crippen MR) is 128 cm³/mol. The van der Waals surface area contributed by atoms with Crippen molar-refractivity contribution in [2.24, 2.45) is 0 Å². The van der Waals surface area contributed by atoms with Crippen LogP contribution in [0.1, 0.15) is 27.2 Å². The first-order chi connectivity index (χ1) is 17.2. The van der Waals surface area contributed by atoms with E-state index < -0.39 is 23.6 Å². The molecule has 36 heavy (non-hydrogen) atoms. The largest absolute Gasteiger partial charge is 0.416 e. The van der Waals surface area contributed by atoms with E-state index in [1.54, 1.807) is 24.3 Å². The van der Waals surface area contributed by atoms with Crippen LogP contribution in [-0.4, -0.2) is 21.6 Å². The third kappa shape index (κ3) is 5.66. The van der Waals surface area contributed by atoms with Crippen molar-refractivity contribution < 1.29 is 22.8 Å². The smallest absolute Gasteiger partial charge is 0.268 e. The monoisotopic (exact) mass is 492 g/mol. The third-order valence-corrected chi connectivity index (χ3v) is 5.20. The van der Waals surface area contributed by atoms with Crippen LogP contribution in [0.4, 0.5) is 13.2 Å². The van der Waals surface area contributed by atoms with Crippen molar-refractivity contribution in [2.45, 2.75) is 12.7 Å². The Kier molecular flexibility index (Phi) is 6.95. The van der Waals surface area contributed by atoms with E-state index in [0.29, 0.717) is 5.39 Å². The number of halogens is 3. The van der Waals surface area contributed by atoms with Crippen molar-refractivity contribution in [2.75, 3.05) is 0 Å². The number of hydrazine groups is 1. The Morgan fingerprint density at radius 3 is 2.31 bits per heavy atom. The molecule has 0 spiro atoms. The van der Waals surface area contributed by atoms with Gasteiger partial charge in [0.1, 0.15) is 0 Å². The number of nitrogens with zero attached hydrogens (tertiary/aromatic N) is 2. The van der Waals surface area contributed by atoms with Gasteiger partial charge >= 0.3 is 6.18 Å². The summed E-state index contributed by atoms with van der Waals surface area (Å²) in [6, 6.07) is 20.0. The minimum Gasteiger partial charge on any atom is -0.268 e. The summed E-state index contributed by atoms with van der Waals surface area (Å²) >= 11 is 0. The molecule has 0 aliphatic carbocycles. The maximum Gasteiger partial charge on any atom is 0.416 e. The fraction of sp³-hybridized carbons (Fsp3) is 0.0769. The van der Waals surface area contributed by atoms with Crippen LogP contribution in [-0.2, 0) is 17.5 Å². The summed E-state index contributed by atoms with van der Waals surface area (Å²) in [5, 5.41) is 4.80. The van der Waals surface area contributed by atoms with Gasteiger partial charge in [-0.05, 0) is 35.4 Å². The zero-order chi connectivity index (χ0) is 25.7. The molecule has 0 saturated heterocycles. The molecular formula is C26H19F3N4O3. The summed E-state index contributed by atoms with van der Waals surface area (Å²) in [5.41, 5.74) is 4.06. The van der Waals surface area contributed by atoms with Crippen LogP contribution in [0.15, 0.2) is 89.7 Å². The average Bonchev–Trinajstić information content (AvgIpc) is 2.88. The van der Waals surface area contributed by atoms with Gasteiger partial charge < -0.3 is 0 Å². The third-order valence-electron chi connectivity index (χ3n) is 5.20. The number of carbonyl (C=O) groups is 2. The van der Waals surface area contributed by atoms with Gasteiger partial charge in [0.15, 0.2) is 5.69 Å². The molecular weight excluding hydrogens is 473 g/mol. The summed E-state index contributed by atoms with van der Waals surface area (Å²) in [7, 11) is 0. The Labute approximate surface area is 202 Å². The van der Waals surface area contributed by atoms with Gasteiger partial charge in [0, 0.05) is 11.5 Å².